The minimum absolute atomic E-state index is 0.0397. The number of hydrogen-bond acceptors (Lipinski definition) is 2. The second-order valence-electron chi connectivity index (χ2n) is 6.47. The number of alkyl halides is 6. The van der Waals surface area contributed by atoms with E-state index < -0.39 is 29.4 Å². The summed E-state index contributed by atoms with van der Waals surface area (Å²) < 4.78 is 83.1. The Kier molecular flexibility index (Phi) is 6.00. The van der Waals surface area contributed by atoms with E-state index in [1.807, 2.05) is 0 Å². The highest BCUT2D eigenvalue weighted by Gasteiger charge is 2.63. The van der Waals surface area contributed by atoms with E-state index in [2.05, 4.69) is 11.8 Å². The van der Waals surface area contributed by atoms with Crippen LogP contribution in [0.4, 0.5) is 26.3 Å². The fraction of sp³-hybridized carbons (Fsp3) is 0.300. The van der Waals surface area contributed by atoms with Crippen molar-refractivity contribution in [2.45, 2.75) is 37.7 Å². The Hall–Kier alpha value is -2.66. The van der Waals surface area contributed by atoms with Crippen molar-refractivity contribution in [3.05, 3.63) is 59.7 Å². The maximum atomic E-state index is 14.0. The molecule has 0 aliphatic heterocycles. The fourth-order valence-corrected chi connectivity index (χ4v) is 2.15. The number of aliphatic hydroxyl groups is 1. The maximum absolute atomic E-state index is 14.0. The predicted molar refractivity (Wildman–Crippen MR) is 91.0 cm³/mol. The number of halogens is 6. The van der Waals surface area contributed by atoms with Crippen LogP contribution in [0.1, 0.15) is 25.0 Å². The normalized spacial score (nSPS) is 14.2. The molecule has 1 atom stereocenters. The summed E-state index contributed by atoms with van der Waals surface area (Å²) in [7, 11) is 0. The van der Waals surface area contributed by atoms with Gasteiger partial charge in [0.15, 0.2) is 0 Å². The van der Waals surface area contributed by atoms with E-state index in [0.717, 1.165) is 12.1 Å². The Balaban J connectivity index is 2.17. The van der Waals surface area contributed by atoms with Gasteiger partial charge in [-0.2, -0.15) is 13.2 Å². The molecule has 28 heavy (non-hydrogen) atoms. The van der Waals surface area contributed by atoms with Crippen molar-refractivity contribution in [3.8, 4) is 23.3 Å². The molecule has 0 aliphatic rings. The Morgan fingerprint density at radius 3 is 1.71 bits per heavy atom. The zero-order chi connectivity index (χ0) is 21.2. The van der Waals surface area contributed by atoms with E-state index in [9.17, 15) is 31.4 Å². The SMILES string of the molecule is CC(C)(O)C#Cc1ccc(Oc2ccc(C(F)(C(F)F)C(F)(F)F)cc2)cc1. The monoisotopic (exact) mass is 402 g/mol. The van der Waals surface area contributed by atoms with Crippen LogP contribution in [0.5, 0.6) is 11.5 Å². The molecule has 1 unspecified atom stereocenters. The summed E-state index contributed by atoms with van der Waals surface area (Å²) >= 11 is 0. The third-order valence-electron chi connectivity index (χ3n) is 3.59. The second-order valence-corrected chi connectivity index (χ2v) is 6.47. The van der Waals surface area contributed by atoms with Crippen molar-refractivity contribution < 1.29 is 36.2 Å². The number of ether oxygens (including phenoxy) is 1. The van der Waals surface area contributed by atoms with Gasteiger partial charge in [-0.05, 0) is 50.2 Å². The molecule has 0 aromatic heterocycles. The van der Waals surface area contributed by atoms with Crippen LogP contribution in [0.25, 0.3) is 0 Å². The van der Waals surface area contributed by atoms with Crippen LogP contribution in [0.15, 0.2) is 48.5 Å². The summed E-state index contributed by atoms with van der Waals surface area (Å²) in [6.07, 6.45) is -10.0. The molecule has 0 fully saturated rings. The Morgan fingerprint density at radius 1 is 0.857 bits per heavy atom. The predicted octanol–water partition coefficient (Wildman–Crippen LogP) is 5.59. The van der Waals surface area contributed by atoms with Crippen LogP contribution >= 0.6 is 0 Å². The minimum atomic E-state index is -5.76. The molecule has 0 heterocycles. The van der Waals surface area contributed by atoms with Gasteiger partial charge in [-0.1, -0.05) is 24.0 Å². The molecule has 0 amide bonds. The van der Waals surface area contributed by atoms with Crippen molar-refractivity contribution >= 4 is 0 Å². The summed E-state index contributed by atoms with van der Waals surface area (Å²) in [5.74, 6) is 5.72. The first kappa shape index (κ1) is 21.6. The van der Waals surface area contributed by atoms with Gasteiger partial charge in [-0.3, -0.25) is 0 Å². The van der Waals surface area contributed by atoms with Crippen LogP contribution < -0.4 is 4.74 Å². The molecule has 150 valence electrons. The topological polar surface area (TPSA) is 29.5 Å². The lowest BCUT2D eigenvalue weighted by Crippen LogP contribution is -2.44. The average Bonchev–Trinajstić information content (AvgIpc) is 2.59. The Bertz CT molecular complexity index is 855. The lowest BCUT2D eigenvalue weighted by atomic mass is 9.95. The molecule has 0 radical (unpaired) electrons. The van der Waals surface area contributed by atoms with Gasteiger partial charge in [0.05, 0.1) is 0 Å². The number of hydrogen-bond donors (Lipinski definition) is 1. The summed E-state index contributed by atoms with van der Waals surface area (Å²) in [4.78, 5) is 0. The highest BCUT2D eigenvalue weighted by atomic mass is 19.4. The van der Waals surface area contributed by atoms with E-state index in [-0.39, 0.29) is 5.75 Å². The van der Waals surface area contributed by atoms with E-state index in [1.165, 1.54) is 26.0 Å². The first-order valence-electron chi connectivity index (χ1n) is 8.01. The van der Waals surface area contributed by atoms with E-state index in [0.29, 0.717) is 23.4 Å². The summed E-state index contributed by atoms with van der Waals surface area (Å²) in [5, 5.41) is 9.55. The van der Waals surface area contributed by atoms with E-state index in [1.54, 1.807) is 12.1 Å². The highest BCUT2D eigenvalue weighted by Crippen LogP contribution is 2.47. The fourth-order valence-electron chi connectivity index (χ4n) is 2.15. The van der Waals surface area contributed by atoms with Crippen molar-refractivity contribution in [1.82, 2.24) is 0 Å². The minimum Gasteiger partial charge on any atom is -0.457 e. The molecule has 0 aliphatic carbocycles. The highest BCUT2D eigenvalue weighted by molar-refractivity contribution is 5.41. The molecular weight excluding hydrogens is 386 g/mol. The molecular formula is C20H16F6O2. The molecule has 2 aromatic carbocycles. The van der Waals surface area contributed by atoms with Gasteiger partial charge in [-0.25, -0.2) is 13.2 Å². The first-order chi connectivity index (χ1) is 12.8. The van der Waals surface area contributed by atoms with E-state index >= 15 is 0 Å². The zero-order valence-electron chi connectivity index (χ0n) is 14.8. The lowest BCUT2D eigenvalue weighted by molar-refractivity contribution is -0.274. The summed E-state index contributed by atoms with van der Waals surface area (Å²) in [5.41, 5.74) is -6.53. The molecule has 0 saturated carbocycles. The largest absolute Gasteiger partial charge is 0.457 e. The molecule has 0 bridgehead atoms. The molecule has 2 rings (SSSR count). The third-order valence-corrected chi connectivity index (χ3v) is 3.59. The summed E-state index contributed by atoms with van der Waals surface area (Å²) in [6.45, 7) is 3.06. The van der Waals surface area contributed by atoms with Crippen LogP contribution in [0, 0.1) is 11.8 Å². The van der Waals surface area contributed by atoms with Gasteiger partial charge in [0.2, 0.25) is 0 Å². The van der Waals surface area contributed by atoms with Crippen molar-refractivity contribution in [2.75, 3.05) is 0 Å². The van der Waals surface area contributed by atoms with Gasteiger partial charge in [0.1, 0.15) is 17.1 Å². The Morgan fingerprint density at radius 2 is 1.32 bits per heavy atom. The maximum Gasteiger partial charge on any atom is 0.432 e. The van der Waals surface area contributed by atoms with Crippen molar-refractivity contribution in [3.63, 3.8) is 0 Å². The second kappa shape index (κ2) is 7.76. The quantitative estimate of drug-likeness (QED) is 0.533. The molecule has 2 aromatic rings. The van der Waals surface area contributed by atoms with Crippen LogP contribution in [-0.4, -0.2) is 23.3 Å². The third kappa shape index (κ3) is 4.98. The molecule has 0 spiro atoms. The van der Waals surface area contributed by atoms with Crippen molar-refractivity contribution in [2.24, 2.45) is 0 Å². The van der Waals surface area contributed by atoms with Crippen LogP contribution in [0.2, 0.25) is 0 Å². The number of benzene rings is 2. The standard InChI is InChI=1S/C20H16F6O2/c1-18(2,27)12-11-13-3-7-15(8-4-13)28-16-9-5-14(6-10-16)19(23,17(21)22)20(24,25)26/h3-10,17,27H,1-2H3. The van der Waals surface area contributed by atoms with Crippen LogP contribution in [0.3, 0.4) is 0 Å². The van der Waals surface area contributed by atoms with Gasteiger partial charge in [0.25, 0.3) is 12.1 Å². The molecule has 0 saturated heterocycles. The molecule has 2 nitrogen and oxygen atoms in total. The number of rotatable bonds is 4. The first-order valence-corrected chi connectivity index (χ1v) is 8.01. The summed E-state index contributed by atoms with van der Waals surface area (Å²) in [6, 6.07) is 9.40. The molecule has 8 heteroatoms. The lowest BCUT2D eigenvalue weighted by Gasteiger charge is -2.27. The van der Waals surface area contributed by atoms with Gasteiger partial charge < -0.3 is 9.84 Å². The zero-order valence-corrected chi connectivity index (χ0v) is 14.8. The van der Waals surface area contributed by atoms with Crippen molar-refractivity contribution in [1.29, 1.82) is 0 Å². The van der Waals surface area contributed by atoms with Gasteiger partial charge in [-0.15, -0.1) is 0 Å². The smallest absolute Gasteiger partial charge is 0.432 e. The average molecular weight is 402 g/mol. The Labute approximate surface area is 157 Å². The van der Waals surface area contributed by atoms with Gasteiger partial charge in [0, 0.05) is 11.1 Å². The molecule has 1 N–H and O–H groups in total. The van der Waals surface area contributed by atoms with Crippen LogP contribution in [-0.2, 0) is 5.67 Å². The van der Waals surface area contributed by atoms with Gasteiger partial charge >= 0.3 is 6.18 Å². The van der Waals surface area contributed by atoms with E-state index in [4.69, 9.17) is 4.74 Å².